The highest BCUT2D eigenvalue weighted by Gasteiger charge is 1.86. The molecule has 32 valence electrons. The molecule has 0 fully saturated rings. The SMILES string of the molecule is NP(O)OO. The molecule has 0 aliphatic heterocycles. The standard InChI is InChI=1S/H4NO3P/c1-5(3)4-2/h2-3H,1H2. The summed E-state index contributed by atoms with van der Waals surface area (Å²) in [4.78, 5) is 7.73. The smallest absolute Gasteiger partial charge is 0.283 e. The van der Waals surface area contributed by atoms with E-state index in [9.17, 15) is 0 Å². The van der Waals surface area contributed by atoms with E-state index in [0.29, 0.717) is 0 Å². The van der Waals surface area contributed by atoms with Crippen LogP contribution >= 0.6 is 8.53 Å². The molecular formula is H4NO3P. The molecule has 4 nitrogen and oxygen atoms in total. The normalized spacial score (nSPS) is 15.0. The van der Waals surface area contributed by atoms with Gasteiger partial charge in [-0.1, -0.05) is 0 Å². The highest BCUT2D eigenvalue weighted by Crippen LogP contribution is 2.14. The summed E-state index contributed by atoms with van der Waals surface area (Å²) in [6.07, 6.45) is 0. The van der Waals surface area contributed by atoms with Crippen LogP contribution in [0.2, 0.25) is 0 Å². The summed E-state index contributed by atoms with van der Waals surface area (Å²) in [5.74, 6) is 0. The molecule has 0 aromatic carbocycles. The predicted molar refractivity (Wildman–Crippen MR) is 17.0 cm³/mol. The number of hydrogen-bond acceptors (Lipinski definition) is 4. The molecule has 5 heteroatoms. The van der Waals surface area contributed by atoms with Crippen LogP contribution in [0, 0.1) is 0 Å². The van der Waals surface area contributed by atoms with Gasteiger partial charge in [0.05, 0.1) is 0 Å². The van der Waals surface area contributed by atoms with E-state index in [1.807, 2.05) is 0 Å². The minimum atomic E-state index is -2.04. The molecule has 0 spiro atoms. The first kappa shape index (κ1) is 5.27. The van der Waals surface area contributed by atoms with Crippen molar-refractivity contribution >= 4 is 8.53 Å². The zero-order valence-electron chi connectivity index (χ0n) is 2.33. The van der Waals surface area contributed by atoms with Crippen LogP contribution in [0.3, 0.4) is 0 Å². The monoisotopic (exact) mass is 97.0 g/mol. The van der Waals surface area contributed by atoms with Crippen molar-refractivity contribution in [3.63, 3.8) is 0 Å². The Balaban J connectivity index is 2.54. The number of hydrogen-bond donors (Lipinski definition) is 3. The van der Waals surface area contributed by atoms with Crippen LogP contribution in [0.4, 0.5) is 0 Å². The topological polar surface area (TPSA) is 75.7 Å². The van der Waals surface area contributed by atoms with Crippen LogP contribution in [-0.4, -0.2) is 10.2 Å². The summed E-state index contributed by atoms with van der Waals surface area (Å²) >= 11 is 0. The summed E-state index contributed by atoms with van der Waals surface area (Å²) < 4.78 is 3.15. The third kappa shape index (κ3) is 4.27. The molecule has 0 radical (unpaired) electrons. The van der Waals surface area contributed by atoms with Gasteiger partial charge in [0.1, 0.15) is 0 Å². The first-order valence-electron chi connectivity index (χ1n) is 0.823. The van der Waals surface area contributed by atoms with Gasteiger partial charge in [-0.25, -0.2) is 5.26 Å². The van der Waals surface area contributed by atoms with Crippen molar-refractivity contribution in [3.8, 4) is 0 Å². The first-order chi connectivity index (χ1) is 2.27. The van der Waals surface area contributed by atoms with E-state index in [4.69, 9.17) is 10.2 Å². The maximum absolute atomic E-state index is 7.73. The fourth-order valence-corrected chi connectivity index (χ4v) is 0. The maximum Gasteiger partial charge on any atom is 0.283 e. The Hall–Kier alpha value is 0.270. The lowest BCUT2D eigenvalue weighted by molar-refractivity contribution is -0.136. The van der Waals surface area contributed by atoms with Gasteiger partial charge in [-0.2, -0.15) is 4.67 Å². The summed E-state index contributed by atoms with van der Waals surface area (Å²) in [6.45, 7) is 0. The van der Waals surface area contributed by atoms with Crippen molar-refractivity contribution in [2.24, 2.45) is 5.50 Å². The van der Waals surface area contributed by atoms with Gasteiger partial charge in [0.15, 0.2) is 0 Å². The lowest BCUT2D eigenvalue weighted by Crippen LogP contribution is -1.85. The second kappa shape index (κ2) is 2.50. The molecule has 5 heavy (non-hydrogen) atoms. The first-order valence-corrected chi connectivity index (χ1v) is 2.10. The van der Waals surface area contributed by atoms with Crippen LogP contribution in [0.15, 0.2) is 0 Å². The molecule has 0 saturated heterocycles. The Morgan fingerprint density at radius 1 is 1.80 bits per heavy atom. The zero-order valence-corrected chi connectivity index (χ0v) is 3.22. The fraction of sp³-hybridized carbons (Fsp3) is 0. The summed E-state index contributed by atoms with van der Waals surface area (Å²) in [6, 6.07) is 0. The van der Waals surface area contributed by atoms with E-state index >= 15 is 0 Å². The lowest BCUT2D eigenvalue weighted by Gasteiger charge is -1.88. The quantitative estimate of drug-likeness (QED) is 0.237. The van der Waals surface area contributed by atoms with Crippen LogP contribution < -0.4 is 5.50 Å². The van der Waals surface area contributed by atoms with Gasteiger partial charge in [0, 0.05) is 0 Å². The van der Waals surface area contributed by atoms with Crippen molar-refractivity contribution in [1.82, 2.24) is 0 Å². The summed E-state index contributed by atoms with van der Waals surface area (Å²) in [5, 5.41) is 7.30. The van der Waals surface area contributed by atoms with Gasteiger partial charge in [-0.15, -0.1) is 0 Å². The molecule has 0 aromatic heterocycles. The highest BCUT2D eigenvalue weighted by atomic mass is 31.2. The molecule has 0 aliphatic carbocycles. The largest absolute Gasteiger partial charge is 0.336 e. The van der Waals surface area contributed by atoms with E-state index in [2.05, 4.69) is 10.2 Å². The molecule has 0 saturated carbocycles. The Kier molecular flexibility index (Phi) is 2.64. The third-order valence-electron chi connectivity index (χ3n) is 0.0837. The molecule has 0 aliphatic rings. The van der Waals surface area contributed by atoms with Crippen molar-refractivity contribution in [1.29, 1.82) is 0 Å². The number of rotatable bonds is 1. The third-order valence-corrected chi connectivity index (χ3v) is 0.251. The Bertz CT molecular complexity index is 20.9. The summed E-state index contributed by atoms with van der Waals surface area (Å²) in [5.41, 5.74) is 4.44. The predicted octanol–water partition coefficient (Wildman–Crippen LogP) is -0.346. The minimum absolute atomic E-state index is 2.04. The molecule has 1 unspecified atom stereocenters. The average molecular weight is 97.0 g/mol. The zero-order chi connectivity index (χ0) is 4.28. The minimum Gasteiger partial charge on any atom is -0.336 e. The van der Waals surface area contributed by atoms with Gasteiger partial charge in [-0.3, -0.25) is 5.50 Å². The van der Waals surface area contributed by atoms with Crippen LogP contribution in [0.5, 0.6) is 0 Å². The van der Waals surface area contributed by atoms with E-state index < -0.39 is 8.53 Å². The fourth-order valence-electron chi connectivity index (χ4n) is 0. The van der Waals surface area contributed by atoms with Gasteiger partial charge in [-0.05, 0) is 0 Å². The van der Waals surface area contributed by atoms with E-state index in [1.54, 1.807) is 0 Å². The van der Waals surface area contributed by atoms with Crippen LogP contribution in [0.25, 0.3) is 0 Å². The molecule has 0 heterocycles. The van der Waals surface area contributed by atoms with Crippen molar-refractivity contribution in [2.45, 2.75) is 0 Å². The van der Waals surface area contributed by atoms with Gasteiger partial charge in [0.25, 0.3) is 8.53 Å². The maximum atomic E-state index is 7.73. The Morgan fingerprint density at radius 2 is 2.00 bits per heavy atom. The summed E-state index contributed by atoms with van der Waals surface area (Å²) in [7, 11) is -2.04. The Labute approximate surface area is 30.1 Å². The molecule has 0 bridgehead atoms. The second-order valence-electron chi connectivity index (χ2n) is 0.384. The van der Waals surface area contributed by atoms with Crippen LogP contribution in [0.1, 0.15) is 0 Å². The molecule has 0 rings (SSSR count). The van der Waals surface area contributed by atoms with Gasteiger partial charge in [0.2, 0.25) is 0 Å². The molecule has 1 atom stereocenters. The molecule has 0 amide bonds. The van der Waals surface area contributed by atoms with Crippen LogP contribution in [-0.2, 0) is 4.67 Å². The van der Waals surface area contributed by atoms with Crippen molar-refractivity contribution in [3.05, 3.63) is 0 Å². The second-order valence-corrected chi connectivity index (χ2v) is 1.15. The van der Waals surface area contributed by atoms with E-state index in [0.717, 1.165) is 0 Å². The van der Waals surface area contributed by atoms with Gasteiger partial charge < -0.3 is 4.89 Å². The van der Waals surface area contributed by atoms with Gasteiger partial charge >= 0.3 is 0 Å². The molecule has 4 N–H and O–H groups in total. The Morgan fingerprint density at radius 3 is 2.00 bits per heavy atom. The highest BCUT2D eigenvalue weighted by molar-refractivity contribution is 7.43. The molecular weight excluding hydrogens is 93.0 g/mol. The van der Waals surface area contributed by atoms with Crippen molar-refractivity contribution in [2.75, 3.05) is 0 Å². The lowest BCUT2D eigenvalue weighted by atomic mass is 13.9. The average Bonchev–Trinajstić information content (AvgIpc) is 1.38. The van der Waals surface area contributed by atoms with E-state index in [1.165, 1.54) is 0 Å². The van der Waals surface area contributed by atoms with Crippen molar-refractivity contribution < 1.29 is 14.8 Å². The van der Waals surface area contributed by atoms with E-state index in [-0.39, 0.29) is 0 Å². The molecule has 0 aromatic rings. The number of nitrogens with two attached hydrogens (primary N) is 1.